The van der Waals surface area contributed by atoms with Crippen LogP contribution in [0.25, 0.3) is 0 Å². The van der Waals surface area contributed by atoms with Gasteiger partial charge in [0, 0.05) is 0 Å². The largest absolute Gasteiger partial charge is 0.481 e. The summed E-state index contributed by atoms with van der Waals surface area (Å²) in [6.45, 7) is 0. The molecule has 2 aliphatic rings. The van der Waals surface area contributed by atoms with Gasteiger partial charge in [-0.15, -0.1) is 0 Å². The molecule has 4 rings (SSSR count). The summed E-state index contributed by atoms with van der Waals surface area (Å²) in [5.41, 5.74) is 1.60. The highest BCUT2D eigenvalue weighted by Crippen LogP contribution is 2.48. The molecular formula is C20H18F2O4. The van der Waals surface area contributed by atoms with Crippen molar-refractivity contribution in [1.29, 1.82) is 0 Å². The Bertz CT molecular complexity index is 767. The second-order valence-corrected chi connectivity index (χ2v) is 6.68. The first-order valence-corrected chi connectivity index (χ1v) is 8.33. The number of rotatable bonds is 4. The summed E-state index contributed by atoms with van der Waals surface area (Å²) < 4.78 is 25.5. The minimum Gasteiger partial charge on any atom is -0.481 e. The van der Waals surface area contributed by atoms with Crippen LogP contribution in [0.4, 0.5) is 8.78 Å². The number of aliphatic carboxylic acids is 2. The molecule has 26 heavy (non-hydrogen) atoms. The van der Waals surface area contributed by atoms with Crippen molar-refractivity contribution in [2.45, 2.75) is 24.7 Å². The number of hydrogen-bond donors (Lipinski definition) is 2. The highest BCUT2D eigenvalue weighted by Gasteiger charge is 2.44. The zero-order chi connectivity index (χ0) is 18.8. The minimum atomic E-state index is -0.783. The van der Waals surface area contributed by atoms with E-state index in [1.54, 1.807) is 24.3 Å². The zero-order valence-corrected chi connectivity index (χ0v) is 13.8. The van der Waals surface area contributed by atoms with Gasteiger partial charge in [-0.3, -0.25) is 9.59 Å². The Hall–Kier alpha value is -2.76. The molecule has 2 fully saturated rings. The normalized spacial score (nSPS) is 25.6. The highest BCUT2D eigenvalue weighted by molar-refractivity contribution is 5.75. The van der Waals surface area contributed by atoms with E-state index in [0.717, 1.165) is 11.1 Å². The predicted molar refractivity (Wildman–Crippen MR) is 89.8 cm³/mol. The van der Waals surface area contributed by atoms with Gasteiger partial charge in [-0.05, 0) is 60.1 Å². The molecule has 0 unspecified atom stereocenters. The molecule has 0 radical (unpaired) electrons. The monoisotopic (exact) mass is 360 g/mol. The number of carbonyl (C=O) groups is 2. The lowest BCUT2D eigenvalue weighted by molar-refractivity contribution is -0.139. The SMILES string of the molecule is O=C(O)[C@@H]1C[C@H]1c1cccc(F)c1.O=C(O)[C@H]1C[C@@H]1c1cccc(F)c1. The van der Waals surface area contributed by atoms with Gasteiger partial charge in [-0.1, -0.05) is 24.3 Å². The Balaban J connectivity index is 0.000000151. The first kappa shape index (κ1) is 18.0. The van der Waals surface area contributed by atoms with Crippen LogP contribution in [0.5, 0.6) is 0 Å². The topological polar surface area (TPSA) is 74.6 Å². The first-order chi connectivity index (χ1) is 12.4. The average molecular weight is 360 g/mol. The second kappa shape index (κ2) is 7.23. The van der Waals surface area contributed by atoms with Gasteiger partial charge in [-0.25, -0.2) is 8.78 Å². The minimum absolute atomic E-state index is 0.0215. The summed E-state index contributed by atoms with van der Waals surface area (Å²) in [6, 6.07) is 12.3. The molecule has 2 aromatic rings. The van der Waals surface area contributed by atoms with Gasteiger partial charge in [0.1, 0.15) is 11.6 Å². The molecule has 0 spiro atoms. The van der Waals surface area contributed by atoms with Crippen molar-refractivity contribution in [3.8, 4) is 0 Å². The van der Waals surface area contributed by atoms with E-state index in [9.17, 15) is 18.4 Å². The molecule has 0 bridgehead atoms. The fourth-order valence-corrected chi connectivity index (χ4v) is 3.15. The van der Waals surface area contributed by atoms with Gasteiger partial charge in [-0.2, -0.15) is 0 Å². The molecule has 0 aliphatic heterocycles. The lowest BCUT2D eigenvalue weighted by Crippen LogP contribution is -1.98. The molecule has 2 saturated carbocycles. The Morgan fingerprint density at radius 3 is 1.42 bits per heavy atom. The number of halogens is 2. The standard InChI is InChI=1S/2C10H9FO2/c2*11-7-3-1-2-6(4-7)8-5-9(8)10(12)13/h2*1-4,8-9H,5H2,(H,12,13)/t2*8-,9+/m10/s1. The lowest BCUT2D eigenvalue weighted by atomic mass is 10.1. The van der Waals surface area contributed by atoms with Crippen LogP contribution in [0.3, 0.4) is 0 Å². The molecule has 6 heteroatoms. The van der Waals surface area contributed by atoms with Crippen LogP contribution in [0.2, 0.25) is 0 Å². The predicted octanol–water partition coefficient (Wildman–Crippen LogP) is 4.03. The molecule has 2 aromatic carbocycles. The first-order valence-electron chi connectivity index (χ1n) is 8.33. The van der Waals surface area contributed by atoms with E-state index in [0.29, 0.717) is 12.8 Å². The molecular weight excluding hydrogens is 342 g/mol. The lowest BCUT2D eigenvalue weighted by Gasteiger charge is -1.97. The van der Waals surface area contributed by atoms with Crippen LogP contribution in [0.15, 0.2) is 48.5 Å². The van der Waals surface area contributed by atoms with Crippen LogP contribution < -0.4 is 0 Å². The maximum absolute atomic E-state index is 12.7. The average Bonchev–Trinajstić information content (AvgIpc) is 3.47. The molecule has 2 N–H and O–H groups in total. The van der Waals surface area contributed by atoms with E-state index in [1.807, 2.05) is 0 Å². The van der Waals surface area contributed by atoms with Crippen molar-refractivity contribution >= 4 is 11.9 Å². The van der Waals surface area contributed by atoms with E-state index in [4.69, 9.17) is 10.2 Å². The number of benzene rings is 2. The molecule has 4 nitrogen and oxygen atoms in total. The van der Waals surface area contributed by atoms with Crippen LogP contribution >= 0.6 is 0 Å². The van der Waals surface area contributed by atoms with E-state index in [1.165, 1.54) is 24.3 Å². The molecule has 4 atom stereocenters. The summed E-state index contributed by atoms with van der Waals surface area (Å²) >= 11 is 0. The quantitative estimate of drug-likeness (QED) is 0.863. The van der Waals surface area contributed by atoms with E-state index in [-0.39, 0.29) is 35.3 Å². The van der Waals surface area contributed by atoms with Crippen LogP contribution in [0, 0.1) is 23.5 Å². The van der Waals surface area contributed by atoms with Crippen molar-refractivity contribution in [2.24, 2.45) is 11.8 Å². The smallest absolute Gasteiger partial charge is 0.307 e. The summed E-state index contributed by atoms with van der Waals surface area (Å²) in [7, 11) is 0. The Kier molecular flexibility index (Phi) is 5.02. The maximum atomic E-state index is 12.7. The Morgan fingerprint density at radius 2 is 1.15 bits per heavy atom. The molecule has 2 aliphatic carbocycles. The van der Waals surface area contributed by atoms with Crippen molar-refractivity contribution in [3.63, 3.8) is 0 Å². The van der Waals surface area contributed by atoms with E-state index in [2.05, 4.69) is 0 Å². The van der Waals surface area contributed by atoms with Gasteiger partial charge < -0.3 is 10.2 Å². The third-order valence-corrected chi connectivity index (χ3v) is 4.77. The van der Waals surface area contributed by atoms with Gasteiger partial charge in [0.05, 0.1) is 11.8 Å². The summed E-state index contributed by atoms with van der Waals surface area (Å²) in [5, 5.41) is 17.3. The third-order valence-electron chi connectivity index (χ3n) is 4.77. The highest BCUT2D eigenvalue weighted by atomic mass is 19.1. The van der Waals surface area contributed by atoms with Crippen molar-refractivity contribution in [1.82, 2.24) is 0 Å². The number of carboxylic acids is 2. The van der Waals surface area contributed by atoms with Gasteiger partial charge in [0.25, 0.3) is 0 Å². The third kappa shape index (κ3) is 4.25. The molecule has 0 amide bonds. The van der Waals surface area contributed by atoms with E-state index < -0.39 is 11.9 Å². The van der Waals surface area contributed by atoms with Gasteiger partial charge >= 0.3 is 11.9 Å². The van der Waals surface area contributed by atoms with Gasteiger partial charge in [0.15, 0.2) is 0 Å². The second-order valence-electron chi connectivity index (χ2n) is 6.68. The zero-order valence-electron chi connectivity index (χ0n) is 13.8. The molecule has 0 saturated heterocycles. The van der Waals surface area contributed by atoms with Crippen molar-refractivity contribution in [2.75, 3.05) is 0 Å². The van der Waals surface area contributed by atoms with Crippen molar-refractivity contribution in [3.05, 3.63) is 71.3 Å². The number of hydrogen-bond acceptors (Lipinski definition) is 2. The van der Waals surface area contributed by atoms with Crippen molar-refractivity contribution < 1.29 is 28.6 Å². The molecule has 0 heterocycles. The Labute approximate surface area is 149 Å². The van der Waals surface area contributed by atoms with Crippen LogP contribution in [0.1, 0.15) is 35.8 Å². The summed E-state index contributed by atoms with van der Waals surface area (Å²) in [6.07, 6.45) is 1.28. The van der Waals surface area contributed by atoms with Crippen LogP contribution in [-0.2, 0) is 9.59 Å². The summed E-state index contributed by atoms with van der Waals surface area (Å²) in [5.74, 6) is -2.73. The van der Waals surface area contributed by atoms with E-state index >= 15 is 0 Å². The summed E-state index contributed by atoms with van der Waals surface area (Å²) in [4.78, 5) is 21.1. The van der Waals surface area contributed by atoms with Gasteiger partial charge in [0.2, 0.25) is 0 Å². The molecule has 136 valence electrons. The maximum Gasteiger partial charge on any atom is 0.307 e. The Morgan fingerprint density at radius 1 is 0.769 bits per heavy atom. The molecule has 0 aromatic heterocycles. The fourth-order valence-electron chi connectivity index (χ4n) is 3.15. The van der Waals surface area contributed by atoms with Crippen LogP contribution in [-0.4, -0.2) is 22.2 Å². The number of carboxylic acid groups (broad SMARTS) is 2. The fraction of sp³-hybridized carbons (Fsp3) is 0.300.